The van der Waals surface area contributed by atoms with Crippen LogP contribution in [0.5, 0.6) is 5.75 Å². The highest BCUT2D eigenvalue weighted by Gasteiger charge is 2.41. The van der Waals surface area contributed by atoms with E-state index in [0.717, 1.165) is 11.3 Å². The quantitative estimate of drug-likeness (QED) is 0.801. The van der Waals surface area contributed by atoms with Gasteiger partial charge < -0.3 is 20.1 Å². The molecule has 2 N–H and O–H groups in total. The lowest BCUT2D eigenvalue weighted by atomic mass is 9.98. The van der Waals surface area contributed by atoms with E-state index in [1.807, 2.05) is 24.3 Å². The van der Waals surface area contributed by atoms with E-state index in [1.54, 1.807) is 4.90 Å². The molecule has 1 amide bonds. The van der Waals surface area contributed by atoms with Crippen LogP contribution in [-0.4, -0.2) is 42.7 Å². The van der Waals surface area contributed by atoms with Crippen molar-refractivity contribution in [1.82, 2.24) is 4.90 Å². The number of amides is 1. The second kappa shape index (κ2) is 4.83. The van der Waals surface area contributed by atoms with Gasteiger partial charge in [0.1, 0.15) is 17.9 Å². The van der Waals surface area contributed by atoms with Crippen molar-refractivity contribution in [1.29, 1.82) is 0 Å². The minimum absolute atomic E-state index is 0.0368. The molecule has 5 nitrogen and oxygen atoms in total. The van der Waals surface area contributed by atoms with Crippen molar-refractivity contribution in [3.05, 3.63) is 29.8 Å². The Labute approximate surface area is 112 Å². The van der Waals surface area contributed by atoms with Crippen LogP contribution in [-0.2, 0) is 16.1 Å². The molecule has 1 atom stereocenters. The molecule has 1 saturated heterocycles. The summed E-state index contributed by atoms with van der Waals surface area (Å²) in [6, 6.07) is 7.80. The third kappa shape index (κ3) is 2.31. The molecule has 2 aliphatic rings. The van der Waals surface area contributed by atoms with Crippen LogP contribution >= 0.6 is 0 Å². The molecular weight excluding hydrogens is 244 g/mol. The monoisotopic (exact) mass is 262 g/mol. The van der Waals surface area contributed by atoms with Crippen LogP contribution < -0.4 is 10.5 Å². The zero-order chi connectivity index (χ0) is 13.3. The summed E-state index contributed by atoms with van der Waals surface area (Å²) < 4.78 is 10.9. The van der Waals surface area contributed by atoms with E-state index in [9.17, 15) is 4.79 Å². The molecule has 0 radical (unpaired) electrons. The van der Waals surface area contributed by atoms with E-state index in [-0.39, 0.29) is 5.91 Å². The standard InChI is InChI=1S/C14H18N2O3/c15-14(5-7-18-10-14)13(17)16-6-8-19-12-4-2-1-3-11(12)9-16/h1-4H,5-10,15H2. The Morgan fingerprint density at radius 2 is 2.16 bits per heavy atom. The second-order valence-corrected chi connectivity index (χ2v) is 5.14. The highest BCUT2D eigenvalue weighted by atomic mass is 16.5. The molecule has 1 unspecified atom stereocenters. The van der Waals surface area contributed by atoms with Crippen molar-refractivity contribution in [2.75, 3.05) is 26.4 Å². The van der Waals surface area contributed by atoms with Gasteiger partial charge in [-0.25, -0.2) is 0 Å². The number of rotatable bonds is 1. The highest BCUT2D eigenvalue weighted by Crippen LogP contribution is 2.25. The van der Waals surface area contributed by atoms with E-state index >= 15 is 0 Å². The summed E-state index contributed by atoms with van der Waals surface area (Å²) in [5.74, 6) is 0.817. The maximum atomic E-state index is 12.6. The van der Waals surface area contributed by atoms with E-state index in [1.165, 1.54) is 0 Å². The number of benzene rings is 1. The average molecular weight is 262 g/mol. The Kier molecular flexibility index (Phi) is 3.16. The number of carbonyl (C=O) groups excluding carboxylic acids is 1. The third-order valence-electron chi connectivity index (χ3n) is 3.72. The molecule has 5 heteroatoms. The Hall–Kier alpha value is -1.59. The van der Waals surface area contributed by atoms with Crippen LogP contribution in [0.1, 0.15) is 12.0 Å². The first kappa shape index (κ1) is 12.4. The maximum Gasteiger partial charge on any atom is 0.245 e. The van der Waals surface area contributed by atoms with E-state index in [2.05, 4.69) is 0 Å². The van der Waals surface area contributed by atoms with Gasteiger partial charge in [0.05, 0.1) is 13.2 Å². The fourth-order valence-corrected chi connectivity index (χ4v) is 2.56. The molecule has 0 saturated carbocycles. The first-order chi connectivity index (χ1) is 9.19. The fraction of sp³-hybridized carbons (Fsp3) is 0.500. The van der Waals surface area contributed by atoms with Crippen LogP contribution in [0.3, 0.4) is 0 Å². The topological polar surface area (TPSA) is 64.8 Å². The Bertz CT molecular complexity index is 483. The number of hydrogen-bond donors (Lipinski definition) is 1. The number of para-hydroxylation sites is 1. The molecular formula is C14H18N2O3. The van der Waals surface area contributed by atoms with Gasteiger partial charge in [-0.3, -0.25) is 4.79 Å². The molecule has 0 aliphatic carbocycles. The maximum absolute atomic E-state index is 12.6. The lowest BCUT2D eigenvalue weighted by Crippen LogP contribution is -2.56. The number of fused-ring (bicyclic) bond motifs is 1. The average Bonchev–Trinajstić information content (AvgIpc) is 2.76. The Balaban J connectivity index is 1.81. The minimum Gasteiger partial charge on any atom is -0.491 e. The second-order valence-electron chi connectivity index (χ2n) is 5.14. The summed E-state index contributed by atoms with van der Waals surface area (Å²) in [5.41, 5.74) is 6.31. The van der Waals surface area contributed by atoms with Crippen molar-refractivity contribution < 1.29 is 14.3 Å². The van der Waals surface area contributed by atoms with Crippen molar-refractivity contribution in [3.63, 3.8) is 0 Å². The van der Waals surface area contributed by atoms with E-state index < -0.39 is 5.54 Å². The molecule has 0 bridgehead atoms. The van der Waals surface area contributed by atoms with Crippen LogP contribution in [0, 0.1) is 0 Å². The van der Waals surface area contributed by atoms with Gasteiger partial charge in [-0.05, 0) is 12.5 Å². The van der Waals surface area contributed by atoms with Gasteiger partial charge in [-0.15, -0.1) is 0 Å². The number of ether oxygens (including phenoxy) is 2. The summed E-state index contributed by atoms with van der Waals surface area (Å²) in [4.78, 5) is 14.3. The van der Waals surface area contributed by atoms with Crippen LogP contribution in [0.2, 0.25) is 0 Å². The zero-order valence-corrected chi connectivity index (χ0v) is 10.8. The molecule has 1 aromatic carbocycles. The predicted octanol–water partition coefficient (Wildman–Crippen LogP) is 0.525. The molecule has 1 aromatic rings. The van der Waals surface area contributed by atoms with Gasteiger partial charge in [0.2, 0.25) is 5.91 Å². The molecule has 2 heterocycles. The van der Waals surface area contributed by atoms with E-state index in [4.69, 9.17) is 15.2 Å². The SMILES string of the molecule is NC1(C(=O)N2CCOc3ccccc3C2)CCOC1. The minimum atomic E-state index is -0.862. The lowest BCUT2D eigenvalue weighted by molar-refractivity contribution is -0.137. The molecule has 19 heavy (non-hydrogen) atoms. The molecule has 3 rings (SSSR count). The highest BCUT2D eigenvalue weighted by molar-refractivity contribution is 5.86. The number of hydrogen-bond acceptors (Lipinski definition) is 4. The Morgan fingerprint density at radius 1 is 1.32 bits per heavy atom. The zero-order valence-electron chi connectivity index (χ0n) is 10.8. The molecule has 2 aliphatic heterocycles. The van der Waals surface area contributed by atoms with Crippen molar-refractivity contribution in [3.8, 4) is 5.75 Å². The number of nitrogens with zero attached hydrogens (tertiary/aromatic N) is 1. The van der Waals surface area contributed by atoms with Gasteiger partial charge in [0.25, 0.3) is 0 Å². The number of nitrogens with two attached hydrogens (primary N) is 1. The predicted molar refractivity (Wildman–Crippen MR) is 69.7 cm³/mol. The first-order valence-corrected chi connectivity index (χ1v) is 6.56. The van der Waals surface area contributed by atoms with Gasteiger partial charge >= 0.3 is 0 Å². The summed E-state index contributed by atoms with van der Waals surface area (Å²) in [7, 11) is 0. The summed E-state index contributed by atoms with van der Waals surface area (Å²) in [5, 5.41) is 0. The smallest absolute Gasteiger partial charge is 0.245 e. The normalized spacial score (nSPS) is 26.5. The summed E-state index contributed by atoms with van der Waals surface area (Å²) in [6.45, 7) is 2.48. The molecule has 0 aromatic heterocycles. The van der Waals surface area contributed by atoms with E-state index in [0.29, 0.717) is 39.3 Å². The van der Waals surface area contributed by atoms with Crippen LogP contribution in [0.15, 0.2) is 24.3 Å². The van der Waals surface area contributed by atoms with Gasteiger partial charge in [-0.2, -0.15) is 0 Å². The van der Waals surface area contributed by atoms with Crippen molar-refractivity contribution in [2.24, 2.45) is 5.73 Å². The first-order valence-electron chi connectivity index (χ1n) is 6.56. The van der Waals surface area contributed by atoms with Gasteiger partial charge in [0, 0.05) is 18.7 Å². The summed E-state index contributed by atoms with van der Waals surface area (Å²) in [6.07, 6.45) is 0.588. The lowest BCUT2D eigenvalue weighted by Gasteiger charge is -2.29. The van der Waals surface area contributed by atoms with Crippen LogP contribution in [0.4, 0.5) is 0 Å². The van der Waals surface area contributed by atoms with Crippen LogP contribution in [0.25, 0.3) is 0 Å². The van der Waals surface area contributed by atoms with Crippen molar-refractivity contribution in [2.45, 2.75) is 18.5 Å². The Morgan fingerprint density at radius 3 is 2.95 bits per heavy atom. The molecule has 1 fully saturated rings. The van der Waals surface area contributed by atoms with Gasteiger partial charge in [-0.1, -0.05) is 18.2 Å². The fourth-order valence-electron chi connectivity index (χ4n) is 2.56. The largest absolute Gasteiger partial charge is 0.491 e. The molecule has 102 valence electrons. The number of carbonyl (C=O) groups is 1. The van der Waals surface area contributed by atoms with Gasteiger partial charge in [0.15, 0.2) is 0 Å². The van der Waals surface area contributed by atoms with Crippen molar-refractivity contribution >= 4 is 5.91 Å². The summed E-state index contributed by atoms with van der Waals surface area (Å²) >= 11 is 0. The molecule has 0 spiro atoms. The third-order valence-corrected chi connectivity index (χ3v) is 3.72.